The second kappa shape index (κ2) is 7.87. The van der Waals surface area contributed by atoms with Gasteiger partial charge in [0.15, 0.2) is 0 Å². The van der Waals surface area contributed by atoms with E-state index < -0.39 is 0 Å². The number of thiophene rings is 1. The molecule has 0 bridgehead atoms. The molecule has 28 heavy (non-hydrogen) atoms. The van der Waals surface area contributed by atoms with Crippen LogP contribution in [0.25, 0.3) is 0 Å². The van der Waals surface area contributed by atoms with E-state index in [9.17, 15) is 9.59 Å². The summed E-state index contributed by atoms with van der Waals surface area (Å²) in [6.45, 7) is 2.12. The van der Waals surface area contributed by atoms with Gasteiger partial charge in [-0.05, 0) is 36.8 Å². The van der Waals surface area contributed by atoms with E-state index in [1.165, 1.54) is 5.56 Å². The molecule has 0 N–H and O–H groups in total. The summed E-state index contributed by atoms with van der Waals surface area (Å²) in [6, 6.07) is 12.2. The quantitative estimate of drug-likeness (QED) is 0.769. The highest BCUT2D eigenvalue weighted by atomic mass is 32.1. The lowest BCUT2D eigenvalue weighted by Crippen LogP contribution is -2.42. The van der Waals surface area contributed by atoms with Crippen LogP contribution in [0.5, 0.6) is 0 Å². The van der Waals surface area contributed by atoms with Crippen molar-refractivity contribution < 1.29 is 9.59 Å². The zero-order valence-corrected chi connectivity index (χ0v) is 17.1. The number of aryl methyl sites for hydroxylation is 1. The van der Waals surface area contributed by atoms with Crippen LogP contribution >= 0.6 is 11.3 Å². The van der Waals surface area contributed by atoms with Crippen LogP contribution in [-0.4, -0.2) is 41.0 Å². The van der Waals surface area contributed by atoms with Crippen LogP contribution in [0, 0.1) is 12.8 Å². The standard InChI is InChI=1S/C22H25N3O2S/c1-15-8-10-16(11-9-15)19-13-18(20-7-4-12-28-20)23-25(19)21(26)14-24(2)22(27)17-5-3-6-17/h4,7-12,17,19H,3,5-6,13-14H2,1-2H3. The number of hydrogen-bond donors (Lipinski definition) is 0. The normalized spacial score (nSPS) is 19.3. The third-order valence-corrected chi connectivity index (χ3v) is 6.56. The van der Waals surface area contributed by atoms with E-state index in [4.69, 9.17) is 0 Å². The Kier molecular flexibility index (Phi) is 5.31. The first-order valence-corrected chi connectivity index (χ1v) is 10.7. The minimum absolute atomic E-state index is 0.0684. The molecule has 1 aromatic heterocycles. The molecule has 1 saturated carbocycles. The molecule has 1 aliphatic carbocycles. The summed E-state index contributed by atoms with van der Waals surface area (Å²) >= 11 is 1.63. The fraction of sp³-hybridized carbons (Fsp3) is 0.409. The topological polar surface area (TPSA) is 53.0 Å². The fourth-order valence-corrected chi connectivity index (χ4v) is 4.42. The molecule has 0 spiro atoms. The molecule has 1 aromatic carbocycles. The third kappa shape index (κ3) is 3.74. The van der Waals surface area contributed by atoms with E-state index >= 15 is 0 Å². The Hall–Kier alpha value is -2.47. The maximum absolute atomic E-state index is 13.1. The summed E-state index contributed by atoms with van der Waals surface area (Å²) in [7, 11) is 1.72. The Morgan fingerprint density at radius 1 is 1.21 bits per heavy atom. The van der Waals surface area contributed by atoms with Crippen molar-refractivity contribution in [2.45, 2.75) is 38.6 Å². The number of amides is 2. The van der Waals surface area contributed by atoms with Crippen LogP contribution in [0.1, 0.15) is 47.7 Å². The number of benzene rings is 1. The number of hydrazone groups is 1. The van der Waals surface area contributed by atoms with Gasteiger partial charge in [-0.1, -0.05) is 42.3 Å². The summed E-state index contributed by atoms with van der Waals surface area (Å²) < 4.78 is 0. The Morgan fingerprint density at radius 2 is 1.96 bits per heavy atom. The van der Waals surface area contributed by atoms with Gasteiger partial charge >= 0.3 is 0 Å². The van der Waals surface area contributed by atoms with Crippen molar-refractivity contribution in [3.05, 3.63) is 57.8 Å². The Labute approximate surface area is 169 Å². The lowest BCUT2D eigenvalue weighted by molar-refractivity contribution is -0.144. The third-order valence-electron chi connectivity index (χ3n) is 5.64. The predicted molar refractivity (Wildman–Crippen MR) is 111 cm³/mol. The van der Waals surface area contributed by atoms with Crippen LogP contribution in [0.3, 0.4) is 0 Å². The van der Waals surface area contributed by atoms with Crippen molar-refractivity contribution in [3.63, 3.8) is 0 Å². The predicted octanol–water partition coefficient (Wildman–Crippen LogP) is 3.99. The molecule has 1 aliphatic heterocycles. The van der Waals surface area contributed by atoms with Gasteiger partial charge in [-0.2, -0.15) is 5.10 Å². The Bertz CT molecular complexity index is 885. The lowest BCUT2D eigenvalue weighted by atomic mass is 9.84. The Morgan fingerprint density at radius 3 is 2.57 bits per heavy atom. The largest absolute Gasteiger partial charge is 0.336 e. The molecule has 2 aliphatic rings. The summed E-state index contributed by atoms with van der Waals surface area (Å²) in [5.74, 6) is 0.0369. The van der Waals surface area contributed by atoms with Crippen molar-refractivity contribution in [1.82, 2.24) is 9.91 Å². The van der Waals surface area contributed by atoms with Crippen molar-refractivity contribution in [2.24, 2.45) is 11.0 Å². The van der Waals surface area contributed by atoms with Crippen molar-refractivity contribution in [3.8, 4) is 0 Å². The highest BCUT2D eigenvalue weighted by Gasteiger charge is 2.35. The van der Waals surface area contributed by atoms with Crippen molar-refractivity contribution >= 4 is 28.9 Å². The number of rotatable bonds is 5. The minimum Gasteiger partial charge on any atom is -0.336 e. The molecule has 2 amide bonds. The van der Waals surface area contributed by atoms with Crippen LogP contribution in [0.15, 0.2) is 46.9 Å². The van der Waals surface area contributed by atoms with Gasteiger partial charge in [-0.15, -0.1) is 11.3 Å². The average Bonchev–Trinajstić information content (AvgIpc) is 3.30. The average molecular weight is 396 g/mol. The Balaban J connectivity index is 1.55. The molecule has 5 nitrogen and oxygen atoms in total. The second-order valence-corrected chi connectivity index (χ2v) is 8.66. The van der Waals surface area contributed by atoms with Gasteiger partial charge in [-0.3, -0.25) is 9.59 Å². The number of hydrogen-bond acceptors (Lipinski definition) is 4. The number of carbonyl (C=O) groups excluding carboxylic acids is 2. The minimum atomic E-state index is -0.132. The van der Waals surface area contributed by atoms with Gasteiger partial charge < -0.3 is 4.90 Å². The number of likely N-dealkylation sites (N-methyl/N-ethyl adjacent to an activating group) is 1. The SMILES string of the molecule is Cc1ccc(C2CC(c3cccs3)=NN2C(=O)CN(C)C(=O)C2CCC2)cc1. The summed E-state index contributed by atoms with van der Waals surface area (Å²) in [4.78, 5) is 28.2. The van der Waals surface area contributed by atoms with Gasteiger partial charge in [0.25, 0.3) is 5.91 Å². The van der Waals surface area contributed by atoms with E-state index in [-0.39, 0.29) is 30.3 Å². The highest BCUT2D eigenvalue weighted by molar-refractivity contribution is 7.12. The maximum atomic E-state index is 13.1. The van der Waals surface area contributed by atoms with Crippen LogP contribution in [0.4, 0.5) is 0 Å². The number of nitrogens with zero attached hydrogens (tertiary/aromatic N) is 3. The molecule has 1 atom stereocenters. The smallest absolute Gasteiger partial charge is 0.262 e. The van der Waals surface area contributed by atoms with Crippen molar-refractivity contribution in [1.29, 1.82) is 0 Å². The molecule has 4 rings (SSSR count). The molecule has 1 fully saturated rings. The summed E-state index contributed by atoms with van der Waals surface area (Å²) in [5.41, 5.74) is 3.19. The highest BCUT2D eigenvalue weighted by Crippen LogP contribution is 2.34. The molecule has 0 saturated heterocycles. The molecule has 1 unspecified atom stereocenters. The zero-order chi connectivity index (χ0) is 19.7. The first kappa shape index (κ1) is 18.9. The van der Waals surface area contributed by atoms with Gasteiger partial charge in [-0.25, -0.2) is 5.01 Å². The second-order valence-electron chi connectivity index (χ2n) is 7.72. The first-order chi connectivity index (χ1) is 13.5. The summed E-state index contributed by atoms with van der Waals surface area (Å²) in [5, 5.41) is 8.28. The molecule has 146 valence electrons. The van der Waals surface area contributed by atoms with Crippen LogP contribution in [-0.2, 0) is 9.59 Å². The van der Waals surface area contributed by atoms with Crippen LogP contribution in [0.2, 0.25) is 0 Å². The molecule has 2 aromatic rings. The van der Waals surface area contributed by atoms with Gasteiger partial charge in [0.05, 0.1) is 16.6 Å². The monoisotopic (exact) mass is 395 g/mol. The van der Waals surface area contributed by atoms with E-state index in [1.807, 2.05) is 17.5 Å². The van der Waals surface area contributed by atoms with E-state index in [0.29, 0.717) is 6.42 Å². The fourth-order valence-electron chi connectivity index (χ4n) is 3.70. The molecular formula is C22H25N3O2S. The zero-order valence-electron chi connectivity index (χ0n) is 16.3. The molecule has 2 heterocycles. The van der Waals surface area contributed by atoms with E-state index in [0.717, 1.165) is 35.4 Å². The number of carbonyl (C=O) groups is 2. The van der Waals surface area contributed by atoms with Crippen LogP contribution < -0.4 is 0 Å². The molecule has 0 radical (unpaired) electrons. The maximum Gasteiger partial charge on any atom is 0.262 e. The van der Waals surface area contributed by atoms with E-state index in [1.54, 1.807) is 28.3 Å². The first-order valence-electron chi connectivity index (χ1n) is 9.78. The van der Waals surface area contributed by atoms with Gasteiger partial charge in [0, 0.05) is 19.4 Å². The lowest BCUT2D eigenvalue weighted by Gasteiger charge is -2.30. The van der Waals surface area contributed by atoms with E-state index in [2.05, 4.69) is 36.3 Å². The molecular weight excluding hydrogens is 370 g/mol. The van der Waals surface area contributed by atoms with Gasteiger partial charge in [0.2, 0.25) is 5.91 Å². The van der Waals surface area contributed by atoms with Gasteiger partial charge in [0.1, 0.15) is 6.54 Å². The summed E-state index contributed by atoms with van der Waals surface area (Å²) in [6.07, 6.45) is 3.67. The molecule has 6 heteroatoms. The van der Waals surface area contributed by atoms with Crippen molar-refractivity contribution in [2.75, 3.05) is 13.6 Å².